The molecule has 1 unspecified atom stereocenters. The summed E-state index contributed by atoms with van der Waals surface area (Å²) >= 11 is 1.86. The van der Waals surface area contributed by atoms with Crippen LogP contribution in [0.15, 0.2) is 0 Å². The first-order valence-electron chi connectivity index (χ1n) is 5.97. The van der Waals surface area contributed by atoms with E-state index in [1.54, 1.807) is 0 Å². The van der Waals surface area contributed by atoms with Crippen LogP contribution in [0, 0.1) is 5.92 Å². The minimum Gasteiger partial charge on any atom is -0.468 e. The van der Waals surface area contributed by atoms with Crippen molar-refractivity contribution >= 4 is 17.7 Å². The van der Waals surface area contributed by atoms with Crippen molar-refractivity contribution in [1.82, 2.24) is 5.32 Å². The van der Waals surface area contributed by atoms with Gasteiger partial charge in [-0.25, -0.2) is 0 Å². The Labute approximate surface area is 103 Å². The molecule has 94 valence electrons. The summed E-state index contributed by atoms with van der Waals surface area (Å²) in [7, 11) is 3.26. The molecular formula is C12H23NO2S. The number of carbonyl (C=O) groups is 1. The van der Waals surface area contributed by atoms with Gasteiger partial charge in [0.1, 0.15) is 5.54 Å². The summed E-state index contributed by atoms with van der Waals surface area (Å²) in [6.45, 7) is 1.90. The molecule has 1 saturated carbocycles. The number of methoxy groups -OCH3 is 1. The summed E-state index contributed by atoms with van der Waals surface area (Å²) in [6.07, 6.45) is 5.49. The highest BCUT2D eigenvalue weighted by Crippen LogP contribution is 2.29. The second-order valence-corrected chi connectivity index (χ2v) is 5.77. The Balaban J connectivity index is 2.29. The molecule has 16 heavy (non-hydrogen) atoms. The third-order valence-electron chi connectivity index (χ3n) is 3.41. The van der Waals surface area contributed by atoms with Crippen LogP contribution in [-0.2, 0) is 9.53 Å². The molecule has 0 radical (unpaired) electrons. The highest BCUT2D eigenvalue weighted by atomic mass is 32.2. The van der Waals surface area contributed by atoms with Gasteiger partial charge in [-0.3, -0.25) is 4.79 Å². The fourth-order valence-electron chi connectivity index (χ4n) is 2.07. The summed E-state index contributed by atoms with van der Waals surface area (Å²) in [5, 5.41) is 3.06. The van der Waals surface area contributed by atoms with Crippen LogP contribution in [0.5, 0.6) is 0 Å². The average molecular weight is 245 g/mol. The first kappa shape index (κ1) is 13.8. The molecule has 0 bridgehead atoms. The van der Waals surface area contributed by atoms with Crippen molar-refractivity contribution in [3.63, 3.8) is 0 Å². The molecule has 4 heteroatoms. The van der Waals surface area contributed by atoms with Crippen LogP contribution in [0.2, 0.25) is 0 Å². The molecule has 1 rings (SSSR count). The van der Waals surface area contributed by atoms with Crippen molar-refractivity contribution < 1.29 is 9.53 Å². The van der Waals surface area contributed by atoms with E-state index < -0.39 is 5.54 Å². The van der Waals surface area contributed by atoms with Crippen molar-refractivity contribution in [2.24, 2.45) is 5.92 Å². The number of ether oxygens (including phenoxy) is 1. The lowest BCUT2D eigenvalue weighted by Gasteiger charge is -2.26. The molecule has 1 fully saturated rings. The van der Waals surface area contributed by atoms with E-state index in [1.165, 1.54) is 38.5 Å². The normalized spacial score (nSPS) is 20.7. The van der Waals surface area contributed by atoms with Crippen molar-refractivity contribution in [1.29, 1.82) is 0 Å². The Kier molecular flexibility index (Phi) is 5.62. The van der Waals surface area contributed by atoms with Crippen molar-refractivity contribution in [3.8, 4) is 0 Å². The number of likely N-dealkylation sites (N-methyl/N-ethyl adjacent to an activating group) is 1. The summed E-state index contributed by atoms with van der Waals surface area (Å²) in [4.78, 5) is 11.6. The SMILES string of the molecule is CNC(C)(CSCC1CCCC1)C(=O)OC. The summed E-state index contributed by atoms with van der Waals surface area (Å²) < 4.78 is 4.81. The molecule has 0 aromatic carbocycles. The molecule has 0 aromatic rings. The van der Waals surface area contributed by atoms with Gasteiger partial charge < -0.3 is 10.1 Å². The molecular weight excluding hydrogens is 222 g/mol. The average Bonchev–Trinajstić information content (AvgIpc) is 2.80. The van der Waals surface area contributed by atoms with Crippen LogP contribution in [0.3, 0.4) is 0 Å². The third-order valence-corrected chi connectivity index (χ3v) is 4.90. The lowest BCUT2D eigenvalue weighted by Crippen LogP contribution is -2.50. The standard InChI is InChI=1S/C12H23NO2S/c1-12(13-2,11(14)15-3)9-16-8-10-6-4-5-7-10/h10,13H,4-9H2,1-3H3. The van der Waals surface area contributed by atoms with Gasteiger partial charge >= 0.3 is 5.97 Å². The Bertz CT molecular complexity index is 229. The maximum absolute atomic E-state index is 11.6. The molecule has 0 aliphatic heterocycles. The lowest BCUT2D eigenvalue weighted by atomic mass is 10.1. The quantitative estimate of drug-likeness (QED) is 0.727. The van der Waals surface area contributed by atoms with Crippen LogP contribution >= 0.6 is 11.8 Å². The van der Waals surface area contributed by atoms with Crippen molar-refractivity contribution in [2.45, 2.75) is 38.1 Å². The smallest absolute Gasteiger partial charge is 0.326 e. The molecule has 1 atom stereocenters. The molecule has 0 amide bonds. The summed E-state index contributed by atoms with van der Waals surface area (Å²) in [5.74, 6) is 2.65. The first-order chi connectivity index (χ1) is 7.62. The number of hydrogen-bond acceptors (Lipinski definition) is 4. The zero-order valence-corrected chi connectivity index (χ0v) is 11.4. The number of esters is 1. The van der Waals surface area contributed by atoms with Gasteiger partial charge in [-0.05, 0) is 38.5 Å². The summed E-state index contributed by atoms with van der Waals surface area (Å²) in [5.41, 5.74) is -0.544. The lowest BCUT2D eigenvalue weighted by molar-refractivity contribution is -0.146. The predicted molar refractivity (Wildman–Crippen MR) is 68.8 cm³/mol. The van der Waals surface area contributed by atoms with Gasteiger partial charge in [0.2, 0.25) is 0 Å². The zero-order chi connectivity index (χ0) is 12.0. The molecule has 1 N–H and O–H groups in total. The van der Waals surface area contributed by atoms with Gasteiger partial charge in [0.15, 0.2) is 0 Å². The van der Waals surface area contributed by atoms with Gasteiger partial charge in [-0.1, -0.05) is 12.8 Å². The Morgan fingerprint density at radius 2 is 2.12 bits per heavy atom. The van der Waals surface area contributed by atoms with Crippen LogP contribution in [0.4, 0.5) is 0 Å². The van der Waals surface area contributed by atoms with Gasteiger partial charge in [0, 0.05) is 5.75 Å². The van der Waals surface area contributed by atoms with E-state index in [1.807, 2.05) is 25.7 Å². The second-order valence-electron chi connectivity index (χ2n) is 4.74. The maximum Gasteiger partial charge on any atom is 0.326 e. The highest BCUT2D eigenvalue weighted by Gasteiger charge is 2.32. The number of rotatable bonds is 6. The highest BCUT2D eigenvalue weighted by molar-refractivity contribution is 7.99. The van der Waals surface area contributed by atoms with Gasteiger partial charge in [-0.2, -0.15) is 11.8 Å². The van der Waals surface area contributed by atoms with Crippen LogP contribution in [0.1, 0.15) is 32.6 Å². The molecule has 1 aliphatic carbocycles. The molecule has 1 aliphatic rings. The Hall–Kier alpha value is -0.220. The van der Waals surface area contributed by atoms with Crippen LogP contribution in [-0.4, -0.2) is 37.2 Å². The zero-order valence-electron chi connectivity index (χ0n) is 10.5. The van der Waals surface area contributed by atoms with Crippen LogP contribution in [0.25, 0.3) is 0 Å². The molecule has 0 saturated heterocycles. The van der Waals surface area contributed by atoms with E-state index >= 15 is 0 Å². The third kappa shape index (κ3) is 3.67. The minimum absolute atomic E-state index is 0.172. The number of carbonyl (C=O) groups excluding carboxylic acids is 1. The number of nitrogens with one attached hydrogen (secondary N) is 1. The Morgan fingerprint density at radius 1 is 1.50 bits per heavy atom. The fourth-order valence-corrected chi connectivity index (χ4v) is 3.52. The minimum atomic E-state index is -0.544. The largest absolute Gasteiger partial charge is 0.468 e. The van der Waals surface area contributed by atoms with Gasteiger partial charge in [0.25, 0.3) is 0 Å². The fraction of sp³-hybridized carbons (Fsp3) is 0.917. The monoisotopic (exact) mass is 245 g/mol. The number of thioether (sulfide) groups is 1. The van der Waals surface area contributed by atoms with Crippen LogP contribution < -0.4 is 5.32 Å². The van der Waals surface area contributed by atoms with E-state index in [0.717, 1.165) is 11.7 Å². The topological polar surface area (TPSA) is 38.3 Å². The second kappa shape index (κ2) is 6.50. The van der Waals surface area contributed by atoms with E-state index in [0.29, 0.717) is 0 Å². The Morgan fingerprint density at radius 3 is 2.62 bits per heavy atom. The first-order valence-corrected chi connectivity index (χ1v) is 7.13. The molecule has 0 heterocycles. The van der Waals surface area contributed by atoms with Gasteiger partial charge in [-0.15, -0.1) is 0 Å². The number of hydrogen-bond donors (Lipinski definition) is 1. The van der Waals surface area contributed by atoms with E-state index in [4.69, 9.17) is 4.74 Å². The maximum atomic E-state index is 11.6. The molecule has 0 aromatic heterocycles. The van der Waals surface area contributed by atoms with Crippen molar-refractivity contribution in [2.75, 3.05) is 25.7 Å². The summed E-state index contributed by atoms with van der Waals surface area (Å²) in [6, 6.07) is 0. The van der Waals surface area contributed by atoms with E-state index in [-0.39, 0.29) is 5.97 Å². The molecule has 3 nitrogen and oxygen atoms in total. The van der Waals surface area contributed by atoms with Gasteiger partial charge in [0.05, 0.1) is 7.11 Å². The van der Waals surface area contributed by atoms with Crippen molar-refractivity contribution in [3.05, 3.63) is 0 Å². The van der Waals surface area contributed by atoms with E-state index in [2.05, 4.69) is 5.32 Å². The predicted octanol–water partition coefficient (Wildman–Crippen LogP) is 2.06. The molecule has 0 spiro atoms. The van der Waals surface area contributed by atoms with E-state index in [9.17, 15) is 4.79 Å².